The van der Waals surface area contributed by atoms with Gasteiger partial charge in [0.2, 0.25) is 0 Å². The third kappa shape index (κ3) is 7.76. The molecule has 0 bridgehead atoms. The van der Waals surface area contributed by atoms with Crippen LogP contribution in [0.5, 0.6) is 0 Å². The summed E-state index contributed by atoms with van der Waals surface area (Å²) in [4.78, 5) is 15.0. The highest BCUT2D eigenvalue weighted by Gasteiger charge is 2.52. The summed E-state index contributed by atoms with van der Waals surface area (Å²) in [6.45, 7) is 1.02. The quantitative estimate of drug-likeness (QED) is 0.183. The lowest BCUT2D eigenvalue weighted by molar-refractivity contribution is -0.320. The van der Waals surface area contributed by atoms with Crippen LogP contribution in [0.4, 0.5) is 5.69 Å². The predicted molar refractivity (Wildman–Crippen MR) is 172 cm³/mol. The zero-order valence-electron chi connectivity index (χ0n) is 25.4. The third-order valence-corrected chi connectivity index (χ3v) is 8.24. The first kappa shape index (κ1) is 30.9. The largest absolute Gasteiger partial charge is 0.368 e. The highest BCUT2D eigenvalue weighted by Crippen LogP contribution is 2.36. The van der Waals surface area contributed by atoms with Gasteiger partial charge in [0.1, 0.15) is 24.4 Å². The van der Waals surface area contributed by atoms with Crippen molar-refractivity contribution in [1.29, 1.82) is 0 Å². The number of nitrogens with zero attached hydrogens (tertiary/aromatic N) is 1. The summed E-state index contributed by atoms with van der Waals surface area (Å²) < 4.78 is 32.9. The number of ether oxygens (including phenoxy) is 5. The van der Waals surface area contributed by atoms with Crippen LogP contribution >= 0.6 is 0 Å². The van der Waals surface area contributed by atoms with Gasteiger partial charge in [0.15, 0.2) is 12.1 Å². The number of carbonyl (C=O) groups excluding carboxylic acids is 1. The third-order valence-electron chi connectivity index (χ3n) is 8.24. The first-order valence-corrected chi connectivity index (χ1v) is 15.4. The van der Waals surface area contributed by atoms with E-state index >= 15 is 0 Å². The van der Waals surface area contributed by atoms with Crippen molar-refractivity contribution >= 4 is 11.5 Å². The van der Waals surface area contributed by atoms with Crippen molar-refractivity contribution in [3.05, 3.63) is 150 Å². The molecule has 1 saturated heterocycles. The van der Waals surface area contributed by atoms with Gasteiger partial charge in [-0.2, -0.15) is 0 Å². The number of ketones is 1. The number of rotatable bonds is 12. The SMILES string of the molecule is CO[C@H]1O[C@H](C2CC(=O)C=CN2c2ccccc2)[C@H](OCc2ccccc2)[C@H](OCc2ccccc2)[C@H]1OCc1ccccc1. The molecule has 2 aliphatic rings. The second-order valence-electron chi connectivity index (χ2n) is 11.3. The molecule has 232 valence electrons. The molecule has 4 aromatic carbocycles. The zero-order chi connectivity index (χ0) is 30.8. The molecule has 7 heteroatoms. The van der Waals surface area contributed by atoms with Crippen molar-refractivity contribution in [2.45, 2.75) is 63.0 Å². The molecular formula is C38H39NO6. The lowest BCUT2D eigenvalue weighted by atomic mass is 9.88. The maximum Gasteiger partial charge on any atom is 0.186 e. The molecule has 0 N–H and O–H groups in total. The van der Waals surface area contributed by atoms with E-state index in [1.807, 2.05) is 128 Å². The fourth-order valence-corrected chi connectivity index (χ4v) is 5.99. The standard InChI is InChI=1S/C38H39NO6/c1-41-38-37(44-27-30-18-10-4-11-19-30)36(43-26-29-16-8-3-9-17-29)35(42-25-28-14-6-2-7-15-28)34(45-38)33-24-32(40)22-23-39(33)31-20-12-5-13-21-31/h2-23,33-38H,24-27H2,1H3/t33?,34-,35+,36+,37-,38+/m1/s1. The molecule has 2 heterocycles. The zero-order valence-corrected chi connectivity index (χ0v) is 25.4. The van der Waals surface area contributed by atoms with Crippen LogP contribution in [0.25, 0.3) is 0 Å². The maximum atomic E-state index is 12.9. The molecule has 4 aromatic rings. The number of carbonyl (C=O) groups is 1. The lowest BCUT2D eigenvalue weighted by Gasteiger charge is -2.50. The van der Waals surface area contributed by atoms with E-state index in [9.17, 15) is 4.79 Å². The maximum absolute atomic E-state index is 12.9. The van der Waals surface area contributed by atoms with Gasteiger partial charge >= 0.3 is 0 Å². The Kier molecular flexibility index (Phi) is 10.5. The van der Waals surface area contributed by atoms with E-state index in [0.717, 1.165) is 22.4 Å². The van der Waals surface area contributed by atoms with E-state index in [2.05, 4.69) is 4.90 Å². The lowest BCUT2D eigenvalue weighted by Crippen LogP contribution is -2.65. The smallest absolute Gasteiger partial charge is 0.186 e. The Balaban J connectivity index is 1.37. The van der Waals surface area contributed by atoms with Crippen molar-refractivity contribution in [1.82, 2.24) is 0 Å². The molecular weight excluding hydrogens is 566 g/mol. The molecule has 6 rings (SSSR count). The van der Waals surface area contributed by atoms with Crippen LogP contribution in [0, 0.1) is 0 Å². The van der Waals surface area contributed by atoms with Gasteiger partial charge in [0, 0.05) is 25.4 Å². The molecule has 0 spiro atoms. The van der Waals surface area contributed by atoms with Crippen molar-refractivity contribution in [2.75, 3.05) is 12.0 Å². The van der Waals surface area contributed by atoms with E-state index in [1.54, 1.807) is 13.2 Å². The molecule has 0 amide bonds. The fraction of sp³-hybridized carbons (Fsp3) is 0.289. The average molecular weight is 606 g/mol. The number of para-hydroxylation sites is 1. The minimum Gasteiger partial charge on any atom is -0.368 e. The average Bonchev–Trinajstić information content (AvgIpc) is 3.10. The van der Waals surface area contributed by atoms with Crippen LogP contribution in [-0.2, 0) is 48.3 Å². The summed E-state index contributed by atoms with van der Waals surface area (Å²) in [5, 5.41) is 0. The molecule has 1 unspecified atom stereocenters. The summed E-state index contributed by atoms with van der Waals surface area (Å²) in [5.74, 6) is 0.0239. The molecule has 0 radical (unpaired) electrons. The van der Waals surface area contributed by atoms with Gasteiger partial charge in [-0.3, -0.25) is 4.79 Å². The van der Waals surface area contributed by atoms with Crippen molar-refractivity contribution in [3.8, 4) is 0 Å². The topological polar surface area (TPSA) is 66.5 Å². The first-order chi connectivity index (χ1) is 22.2. The van der Waals surface area contributed by atoms with E-state index in [1.165, 1.54) is 0 Å². The Morgan fingerprint density at radius 2 is 1.11 bits per heavy atom. The van der Waals surface area contributed by atoms with Gasteiger partial charge in [-0.25, -0.2) is 0 Å². The summed E-state index contributed by atoms with van der Waals surface area (Å²) in [7, 11) is 1.61. The second-order valence-corrected chi connectivity index (χ2v) is 11.3. The van der Waals surface area contributed by atoms with E-state index < -0.39 is 30.7 Å². The minimum absolute atomic E-state index is 0.0239. The number of hydrogen-bond donors (Lipinski definition) is 0. The second kappa shape index (κ2) is 15.3. The van der Waals surface area contributed by atoms with Crippen LogP contribution in [0.1, 0.15) is 23.1 Å². The van der Waals surface area contributed by atoms with Crippen LogP contribution in [0.15, 0.2) is 134 Å². The van der Waals surface area contributed by atoms with Crippen LogP contribution in [0.3, 0.4) is 0 Å². The Labute approximate surface area is 264 Å². The van der Waals surface area contributed by atoms with E-state index in [4.69, 9.17) is 23.7 Å². The molecule has 0 aliphatic carbocycles. The van der Waals surface area contributed by atoms with Gasteiger partial charge in [0.05, 0.1) is 25.9 Å². The predicted octanol–water partition coefficient (Wildman–Crippen LogP) is 6.48. The Hall–Kier alpha value is -4.11. The van der Waals surface area contributed by atoms with E-state index in [-0.39, 0.29) is 18.2 Å². The monoisotopic (exact) mass is 605 g/mol. The number of hydrogen-bond acceptors (Lipinski definition) is 7. The normalized spacial score (nSPS) is 24.9. The van der Waals surface area contributed by atoms with Crippen molar-refractivity contribution in [3.63, 3.8) is 0 Å². The van der Waals surface area contributed by atoms with Crippen LogP contribution in [-0.4, -0.2) is 49.6 Å². The summed E-state index contributed by atoms with van der Waals surface area (Å²) in [6, 6.07) is 39.7. The first-order valence-electron chi connectivity index (χ1n) is 15.4. The Morgan fingerprint density at radius 1 is 0.644 bits per heavy atom. The van der Waals surface area contributed by atoms with E-state index in [0.29, 0.717) is 19.8 Å². The van der Waals surface area contributed by atoms with Gasteiger partial charge < -0.3 is 28.6 Å². The molecule has 0 saturated carbocycles. The Morgan fingerprint density at radius 3 is 1.62 bits per heavy atom. The molecule has 7 nitrogen and oxygen atoms in total. The molecule has 2 aliphatic heterocycles. The summed E-state index contributed by atoms with van der Waals surface area (Å²) in [5.41, 5.74) is 4.03. The minimum atomic E-state index is -0.769. The van der Waals surface area contributed by atoms with Gasteiger partial charge in [-0.15, -0.1) is 0 Å². The number of anilines is 1. The molecule has 45 heavy (non-hydrogen) atoms. The number of benzene rings is 4. The molecule has 0 aromatic heterocycles. The van der Waals surface area contributed by atoms with Crippen LogP contribution < -0.4 is 4.90 Å². The molecule has 1 fully saturated rings. The summed E-state index contributed by atoms with van der Waals surface area (Å²) in [6.07, 6.45) is 0.545. The van der Waals surface area contributed by atoms with Gasteiger partial charge in [0.25, 0.3) is 0 Å². The number of methoxy groups -OCH3 is 1. The van der Waals surface area contributed by atoms with Crippen molar-refractivity contribution in [2.24, 2.45) is 0 Å². The van der Waals surface area contributed by atoms with Crippen LogP contribution in [0.2, 0.25) is 0 Å². The van der Waals surface area contributed by atoms with Gasteiger partial charge in [-0.05, 0) is 34.9 Å². The Bertz CT molecular complexity index is 1500. The summed E-state index contributed by atoms with van der Waals surface area (Å²) >= 11 is 0. The fourth-order valence-electron chi connectivity index (χ4n) is 5.99. The highest BCUT2D eigenvalue weighted by molar-refractivity contribution is 5.92. The molecule has 6 atom stereocenters. The van der Waals surface area contributed by atoms with Crippen molar-refractivity contribution < 1.29 is 28.5 Å². The number of allylic oxidation sites excluding steroid dienone is 1. The highest BCUT2D eigenvalue weighted by atomic mass is 16.7. The van der Waals surface area contributed by atoms with Gasteiger partial charge in [-0.1, -0.05) is 109 Å².